The Bertz CT molecular complexity index is 888. The Balaban J connectivity index is 1.43. The van der Waals surface area contributed by atoms with E-state index in [-0.39, 0.29) is 11.9 Å². The second kappa shape index (κ2) is 7.22. The topological polar surface area (TPSA) is 96.8 Å². The van der Waals surface area contributed by atoms with E-state index in [9.17, 15) is 4.79 Å². The quantitative estimate of drug-likeness (QED) is 0.760. The standard InChI is InChI=1S/C18H17N7O/c26-17(16-4-2-8-21-24-16)22-14-6-10-25(12-14)18-20-9-5-15(23-18)13-3-1-7-19-11-13/h1-5,7-9,11,14H,6,10,12H2,(H,22,26). The summed E-state index contributed by atoms with van der Waals surface area (Å²) in [5, 5.41) is 10.6. The van der Waals surface area contributed by atoms with Crippen molar-refractivity contribution in [3.8, 4) is 11.3 Å². The molecule has 0 saturated carbocycles. The van der Waals surface area contributed by atoms with Crippen molar-refractivity contribution in [3.63, 3.8) is 0 Å². The van der Waals surface area contributed by atoms with Crippen LogP contribution in [0.4, 0.5) is 5.95 Å². The number of amides is 1. The Morgan fingerprint density at radius 1 is 1.15 bits per heavy atom. The SMILES string of the molecule is O=C(NC1CCN(c2nccc(-c3cccnc3)n2)C1)c1cccnn1. The van der Waals surface area contributed by atoms with Gasteiger partial charge in [0, 0.05) is 49.5 Å². The van der Waals surface area contributed by atoms with Crippen LogP contribution >= 0.6 is 0 Å². The van der Waals surface area contributed by atoms with Crippen molar-refractivity contribution in [2.24, 2.45) is 0 Å². The number of carbonyl (C=O) groups is 1. The van der Waals surface area contributed by atoms with E-state index in [2.05, 4.69) is 35.4 Å². The number of nitrogens with zero attached hydrogens (tertiary/aromatic N) is 6. The molecule has 0 bridgehead atoms. The van der Waals surface area contributed by atoms with Crippen LogP contribution in [0.25, 0.3) is 11.3 Å². The zero-order valence-corrected chi connectivity index (χ0v) is 14.0. The van der Waals surface area contributed by atoms with Gasteiger partial charge < -0.3 is 10.2 Å². The Kier molecular flexibility index (Phi) is 4.46. The minimum absolute atomic E-state index is 0.0233. The van der Waals surface area contributed by atoms with Crippen molar-refractivity contribution in [2.75, 3.05) is 18.0 Å². The Morgan fingerprint density at radius 2 is 2.08 bits per heavy atom. The molecule has 3 aromatic heterocycles. The van der Waals surface area contributed by atoms with E-state index in [0.29, 0.717) is 18.2 Å². The molecule has 1 N–H and O–H groups in total. The normalized spacial score (nSPS) is 16.5. The van der Waals surface area contributed by atoms with Gasteiger partial charge in [0.2, 0.25) is 5.95 Å². The molecule has 3 aromatic rings. The van der Waals surface area contributed by atoms with E-state index >= 15 is 0 Å². The highest BCUT2D eigenvalue weighted by atomic mass is 16.2. The predicted octanol–water partition coefficient (Wildman–Crippen LogP) is 1.34. The van der Waals surface area contributed by atoms with Crippen molar-refractivity contribution in [1.82, 2.24) is 30.5 Å². The summed E-state index contributed by atoms with van der Waals surface area (Å²) in [4.78, 5) is 27.4. The summed E-state index contributed by atoms with van der Waals surface area (Å²) >= 11 is 0. The first-order valence-electron chi connectivity index (χ1n) is 8.36. The maximum absolute atomic E-state index is 12.2. The van der Waals surface area contributed by atoms with E-state index in [4.69, 9.17) is 0 Å². The third-order valence-corrected chi connectivity index (χ3v) is 4.21. The third-order valence-electron chi connectivity index (χ3n) is 4.21. The smallest absolute Gasteiger partial charge is 0.272 e. The molecule has 1 aliphatic heterocycles. The fourth-order valence-corrected chi connectivity index (χ4v) is 2.92. The first-order chi connectivity index (χ1) is 12.8. The van der Waals surface area contributed by atoms with Crippen LogP contribution < -0.4 is 10.2 Å². The summed E-state index contributed by atoms with van der Waals surface area (Å²) in [5.41, 5.74) is 2.10. The molecule has 1 saturated heterocycles. The fourth-order valence-electron chi connectivity index (χ4n) is 2.92. The minimum atomic E-state index is -0.213. The lowest BCUT2D eigenvalue weighted by Gasteiger charge is -2.17. The monoisotopic (exact) mass is 347 g/mol. The molecule has 1 amide bonds. The molecule has 0 spiro atoms. The van der Waals surface area contributed by atoms with Gasteiger partial charge in [0.1, 0.15) is 0 Å². The first-order valence-corrected chi connectivity index (χ1v) is 8.36. The van der Waals surface area contributed by atoms with Crippen LogP contribution in [-0.4, -0.2) is 50.2 Å². The van der Waals surface area contributed by atoms with E-state index < -0.39 is 0 Å². The highest BCUT2D eigenvalue weighted by Gasteiger charge is 2.26. The number of anilines is 1. The lowest BCUT2D eigenvalue weighted by atomic mass is 10.2. The molecule has 8 heteroatoms. The average Bonchev–Trinajstić information content (AvgIpc) is 3.18. The maximum atomic E-state index is 12.2. The maximum Gasteiger partial charge on any atom is 0.272 e. The summed E-state index contributed by atoms with van der Waals surface area (Å²) in [5.74, 6) is 0.442. The summed E-state index contributed by atoms with van der Waals surface area (Å²) in [6.07, 6.45) is 7.62. The summed E-state index contributed by atoms with van der Waals surface area (Å²) in [6.45, 7) is 1.43. The molecule has 1 unspecified atom stereocenters. The third kappa shape index (κ3) is 3.49. The lowest BCUT2D eigenvalue weighted by molar-refractivity contribution is 0.0934. The van der Waals surface area contributed by atoms with Gasteiger partial charge in [-0.3, -0.25) is 9.78 Å². The number of hydrogen-bond donors (Lipinski definition) is 1. The molecule has 4 heterocycles. The van der Waals surface area contributed by atoms with E-state index in [1.54, 1.807) is 36.9 Å². The van der Waals surface area contributed by atoms with Crippen LogP contribution in [-0.2, 0) is 0 Å². The zero-order valence-electron chi connectivity index (χ0n) is 14.0. The molecule has 130 valence electrons. The van der Waals surface area contributed by atoms with Gasteiger partial charge in [-0.15, -0.1) is 5.10 Å². The van der Waals surface area contributed by atoms with Crippen molar-refractivity contribution in [1.29, 1.82) is 0 Å². The van der Waals surface area contributed by atoms with Gasteiger partial charge in [-0.2, -0.15) is 5.10 Å². The number of nitrogens with one attached hydrogen (secondary N) is 1. The van der Waals surface area contributed by atoms with Crippen LogP contribution in [0, 0.1) is 0 Å². The Morgan fingerprint density at radius 3 is 2.88 bits per heavy atom. The molecule has 0 radical (unpaired) electrons. The van der Waals surface area contributed by atoms with E-state index in [0.717, 1.165) is 24.2 Å². The van der Waals surface area contributed by atoms with Crippen LogP contribution in [0.3, 0.4) is 0 Å². The Labute approximate surface area is 150 Å². The number of carbonyl (C=O) groups excluding carboxylic acids is 1. The molecule has 1 fully saturated rings. The van der Waals surface area contributed by atoms with Gasteiger partial charge in [-0.1, -0.05) is 0 Å². The zero-order chi connectivity index (χ0) is 17.8. The summed E-state index contributed by atoms with van der Waals surface area (Å²) in [7, 11) is 0. The minimum Gasteiger partial charge on any atom is -0.346 e. The average molecular weight is 347 g/mol. The summed E-state index contributed by atoms with van der Waals surface area (Å²) in [6, 6.07) is 9.08. The van der Waals surface area contributed by atoms with E-state index in [1.165, 1.54) is 0 Å². The number of pyridine rings is 1. The number of hydrogen-bond acceptors (Lipinski definition) is 7. The van der Waals surface area contributed by atoms with Crippen molar-refractivity contribution in [2.45, 2.75) is 12.5 Å². The van der Waals surface area contributed by atoms with Crippen molar-refractivity contribution >= 4 is 11.9 Å². The van der Waals surface area contributed by atoms with Crippen molar-refractivity contribution in [3.05, 3.63) is 60.8 Å². The second-order valence-electron chi connectivity index (χ2n) is 6.00. The van der Waals surface area contributed by atoms with Gasteiger partial charge in [-0.25, -0.2) is 9.97 Å². The summed E-state index contributed by atoms with van der Waals surface area (Å²) < 4.78 is 0. The van der Waals surface area contributed by atoms with E-state index in [1.807, 2.05) is 18.2 Å². The number of aromatic nitrogens is 5. The number of rotatable bonds is 4. The highest BCUT2D eigenvalue weighted by molar-refractivity contribution is 5.92. The van der Waals surface area contributed by atoms with Crippen LogP contribution in [0.5, 0.6) is 0 Å². The molecule has 26 heavy (non-hydrogen) atoms. The highest BCUT2D eigenvalue weighted by Crippen LogP contribution is 2.20. The molecule has 0 aliphatic carbocycles. The fraction of sp³-hybridized carbons (Fsp3) is 0.222. The van der Waals surface area contributed by atoms with Crippen LogP contribution in [0.15, 0.2) is 55.1 Å². The van der Waals surface area contributed by atoms with Crippen molar-refractivity contribution < 1.29 is 4.79 Å². The predicted molar refractivity (Wildman–Crippen MR) is 95.4 cm³/mol. The largest absolute Gasteiger partial charge is 0.346 e. The van der Waals surface area contributed by atoms with Gasteiger partial charge in [-0.05, 0) is 36.8 Å². The van der Waals surface area contributed by atoms with Gasteiger partial charge in [0.15, 0.2) is 5.69 Å². The lowest BCUT2D eigenvalue weighted by Crippen LogP contribution is -2.37. The van der Waals surface area contributed by atoms with Gasteiger partial charge >= 0.3 is 0 Å². The molecule has 8 nitrogen and oxygen atoms in total. The molecular formula is C18H17N7O. The molecule has 4 rings (SSSR count). The Hall–Kier alpha value is -3.42. The van der Waals surface area contributed by atoms with Gasteiger partial charge in [0.05, 0.1) is 5.69 Å². The molecule has 1 atom stereocenters. The van der Waals surface area contributed by atoms with Crippen LogP contribution in [0.2, 0.25) is 0 Å². The second-order valence-corrected chi connectivity index (χ2v) is 6.00. The van der Waals surface area contributed by atoms with Crippen LogP contribution in [0.1, 0.15) is 16.9 Å². The molecule has 1 aliphatic rings. The molecular weight excluding hydrogens is 330 g/mol. The van der Waals surface area contributed by atoms with Gasteiger partial charge in [0.25, 0.3) is 5.91 Å². The first kappa shape index (κ1) is 16.1. The molecule has 0 aromatic carbocycles.